The standard InChI is InChI=1S/C21H21ClN2O4S/c1-2-28-21(27)24-11-9-23(10-12-24)20(26)17-5-3-4-6-19(17)29-18-8-7-16(22)13-15(18)14-25/h3-8,13-14H,2,9-12H2,1H3. The first-order chi connectivity index (χ1) is 14.0. The van der Waals surface area contributed by atoms with Crippen molar-refractivity contribution in [3.8, 4) is 0 Å². The van der Waals surface area contributed by atoms with Crippen molar-refractivity contribution in [1.82, 2.24) is 9.80 Å². The summed E-state index contributed by atoms with van der Waals surface area (Å²) in [6, 6.07) is 12.4. The lowest BCUT2D eigenvalue weighted by Gasteiger charge is -2.34. The Kier molecular flexibility index (Phi) is 7.17. The fourth-order valence-electron chi connectivity index (χ4n) is 3.03. The van der Waals surface area contributed by atoms with Crippen LogP contribution in [0.1, 0.15) is 27.6 Å². The van der Waals surface area contributed by atoms with Gasteiger partial charge in [0.15, 0.2) is 6.29 Å². The molecule has 1 aliphatic heterocycles. The second-order valence-electron chi connectivity index (χ2n) is 6.38. The number of halogens is 1. The molecule has 152 valence electrons. The van der Waals surface area contributed by atoms with Gasteiger partial charge in [-0.15, -0.1) is 0 Å². The minimum absolute atomic E-state index is 0.0989. The Morgan fingerprint density at radius 1 is 1.07 bits per heavy atom. The molecule has 0 bridgehead atoms. The highest BCUT2D eigenvalue weighted by Crippen LogP contribution is 2.34. The third-order valence-electron chi connectivity index (χ3n) is 4.53. The minimum atomic E-state index is -0.348. The van der Waals surface area contributed by atoms with Crippen LogP contribution in [0.5, 0.6) is 0 Å². The first-order valence-corrected chi connectivity index (χ1v) is 10.5. The zero-order chi connectivity index (χ0) is 20.8. The van der Waals surface area contributed by atoms with Gasteiger partial charge in [-0.1, -0.05) is 35.5 Å². The van der Waals surface area contributed by atoms with E-state index in [1.165, 1.54) is 11.8 Å². The maximum Gasteiger partial charge on any atom is 0.409 e. The molecule has 0 aromatic heterocycles. The van der Waals surface area contributed by atoms with Gasteiger partial charge in [-0.2, -0.15) is 0 Å². The number of nitrogens with zero attached hydrogens (tertiary/aromatic N) is 2. The molecular weight excluding hydrogens is 412 g/mol. The van der Waals surface area contributed by atoms with Crippen molar-refractivity contribution in [1.29, 1.82) is 0 Å². The van der Waals surface area contributed by atoms with Crippen LogP contribution in [-0.4, -0.2) is 60.9 Å². The van der Waals surface area contributed by atoms with Gasteiger partial charge >= 0.3 is 6.09 Å². The van der Waals surface area contributed by atoms with Gasteiger partial charge in [0.05, 0.1) is 12.2 Å². The maximum absolute atomic E-state index is 13.1. The molecule has 2 aromatic carbocycles. The highest BCUT2D eigenvalue weighted by atomic mass is 35.5. The first kappa shape index (κ1) is 21.2. The van der Waals surface area contributed by atoms with E-state index in [1.807, 2.05) is 18.2 Å². The van der Waals surface area contributed by atoms with Gasteiger partial charge in [0, 0.05) is 46.6 Å². The van der Waals surface area contributed by atoms with E-state index in [2.05, 4.69) is 0 Å². The molecule has 1 fully saturated rings. The third-order valence-corrected chi connectivity index (χ3v) is 5.93. The topological polar surface area (TPSA) is 66.9 Å². The Labute approximate surface area is 178 Å². The number of ether oxygens (including phenoxy) is 1. The number of piperazine rings is 1. The molecule has 0 atom stereocenters. The van der Waals surface area contributed by atoms with E-state index in [0.717, 1.165) is 16.1 Å². The van der Waals surface area contributed by atoms with Crippen LogP contribution in [0.4, 0.5) is 4.79 Å². The average molecular weight is 433 g/mol. The zero-order valence-corrected chi connectivity index (χ0v) is 17.5. The van der Waals surface area contributed by atoms with Crippen molar-refractivity contribution < 1.29 is 19.1 Å². The summed E-state index contributed by atoms with van der Waals surface area (Å²) < 4.78 is 5.02. The second kappa shape index (κ2) is 9.80. The molecule has 0 radical (unpaired) electrons. The molecule has 0 aliphatic carbocycles. The molecule has 2 aromatic rings. The van der Waals surface area contributed by atoms with Crippen LogP contribution in [-0.2, 0) is 4.74 Å². The Balaban J connectivity index is 1.75. The van der Waals surface area contributed by atoms with Crippen LogP contribution in [0.25, 0.3) is 0 Å². The van der Waals surface area contributed by atoms with E-state index >= 15 is 0 Å². The van der Waals surface area contributed by atoms with Gasteiger partial charge in [-0.05, 0) is 37.3 Å². The Morgan fingerprint density at radius 2 is 1.76 bits per heavy atom. The Hall–Kier alpha value is -2.51. The third kappa shape index (κ3) is 5.10. The Bertz CT molecular complexity index is 913. The van der Waals surface area contributed by atoms with Gasteiger partial charge in [0.2, 0.25) is 0 Å². The maximum atomic E-state index is 13.1. The highest BCUT2D eigenvalue weighted by molar-refractivity contribution is 7.99. The number of aldehydes is 1. The lowest BCUT2D eigenvalue weighted by atomic mass is 10.2. The molecule has 2 amide bonds. The van der Waals surface area contributed by atoms with Crippen LogP contribution in [0.3, 0.4) is 0 Å². The second-order valence-corrected chi connectivity index (χ2v) is 7.90. The van der Waals surface area contributed by atoms with Crippen LogP contribution >= 0.6 is 23.4 Å². The van der Waals surface area contributed by atoms with E-state index in [1.54, 1.807) is 41.0 Å². The van der Waals surface area contributed by atoms with Crippen LogP contribution in [0.15, 0.2) is 52.3 Å². The molecule has 0 spiro atoms. The number of amides is 2. The van der Waals surface area contributed by atoms with E-state index in [-0.39, 0.29) is 12.0 Å². The Morgan fingerprint density at radius 3 is 2.45 bits per heavy atom. The van der Waals surface area contributed by atoms with E-state index < -0.39 is 0 Å². The van der Waals surface area contributed by atoms with Crippen molar-refractivity contribution in [2.45, 2.75) is 16.7 Å². The van der Waals surface area contributed by atoms with Crippen molar-refractivity contribution in [2.24, 2.45) is 0 Å². The molecule has 1 aliphatic rings. The predicted molar refractivity (Wildman–Crippen MR) is 112 cm³/mol. The molecular formula is C21H21ClN2O4S. The zero-order valence-electron chi connectivity index (χ0n) is 16.0. The monoisotopic (exact) mass is 432 g/mol. The number of carbonyl (C=O) groups excluding carboxylic acids is 3. The summed E-state index contributed by atoms with van der Waals surface area (Å²) in [5.41, 5.74) is 1.04. The van der Waals surface area contributed by atoms with Crippen molar-refractivity contribution >= 4 is 41.6 Å². The molecule has 0 saturated carbocycles. The largest absolute Gasteiger partial charge is 0.450 e. The van der Waals surface area contributed by atoms with Gasteiger partial charge in [-0.3, -0.25) is 9.59 Å². The molecule has 0 N–H and O–H groups in total. The summed E-state index contributed by atoms with van der Waals surface area (Å²) >= 11 is 7.33. The van der Waals surface area contributed by atoms with Crippen molar-refractivity contribution in [2.75, 3.05) is 32.8 Å². The summed E-state index contributed by atoms with van der Waals surface area (Å²) in [6.45, 7) is 3.85. The molecule has 8 heteroatoms. The highest BCUT2D eigenvalue weighted by Gasteiger charge is 2.26. The van der Waals surface area contributed by atoms with Gasteiger partial charge in [0.1, 0.15) is 0 Å². The van der Waals surface area contributed by atoms with Gasteiger partial charge in [-0.25, -0.2) is 4.79 Å². The minimum Gasteiger partial charge on any atom is -0.450 e. The number of carbonyl (C=O) groups is 3. The summed E-state index contributed by atoms with van der Waals surface area (Å²) in [5, 5.41) is 0.486. The fraction of sp³-hybridized carbons (Fsp3) is 0.286. The van der Waals surface area contributed by atoms with E-state index in [4.69, 9.17) is 16.3 Å². The lowest BCUT2D eigenvalue weighted by molar-refractivity contribution is 0.0568. The van der Waals surface area contributed by atoms with Gasteiger partial charge in [0.25, 0.3) is 5.91 Å². The number of benzene rings is 2. The number of hydrogen-bond acceptors (Lipinski definition) is 5. The first-order valence-electron chi connectivity index (χ1n) is 9.26. The quantitative estimate of drug-likeness (QED) is 0.662. The molecule has 3 rings (SSSR count). The molecule has 0 unspecified atom stereocenters. The molecule has 1 saturated heterocycles. The summed E-state index contributed by atoms with van der Waals surface area (Å²) in [5.74, 6) is -0.0989. The van der Waals surface area contributed by atoms with E-state index in [9.17, 15) is 14.4 Å². The smallest absolute Gasteiger partial charge is 0.409 e. The number of hydrogen-bond donors (Lipinski definition) is 0. The van der Waals surface area contributed by atoms with Crippen LogP contribution in [0.2, 0.25) is 5.02 Å². The van der Waals surface area contributed by atoms with Crippen LogP contribution in [0, 0.1) is 0 Å². The van der Waals surface area contributed by atoms with Crippen molar-refractivity contribution in [3.63, 3.8) is 0 Å². The fourth-order valence-corrected chi connectivity index (χ4v) is 4.22. The summed E-state index contributed by atoms with van der Waals surface area (Å²) in [4.78, 5) is 41.2. The summed E-state index contributed by atoms with van der Waals surface area (Å²) in [7, 11) is 0. The number of rotatable bonds is 5. The van der Waals surface area contributed by atoms with Crippen molar-refractivity contribution in [3.05, 3.63) is 58.6 Å². The normalized spacial score (nSPS) is 13.9. The van der Waals surface area contributed by atoms with Crippen LogP contribution < -0.4 is 0 Å². The molecule has 6 nitrogen and oxygen atoms in total. The molecule has 29 heavy (non-hydrogen) atoms. The van der Waals surface area contributed by atoms with E-state index in [0.29, 0.717) is 48.9 Å². The summed E-state index contributed by atoms with van der Waals surface area (Å²) in [6.07, 6.45) is 0.410. The SMILES string of the molecule is CCOC(=O)N1CCN(C(=O)c2ccccc2Sc2ccc(Cl)cc2C=O)CC1. The molecule has 1 heterocycles. The predicted octanol–water partition coefficient (Wildman–Crippen LogP) is 4.22. The van der Waals surface area contributed by atoms with Gasteiger partial charge < -0.3 is 14.5 Å². The lowest BCUT2D eigenvalue weighted by Crippen LogP contribution is -2.50. The average Bonchev–Trinajstić information content (AvgIpc) is 2.75.